The zero-order chi connectivity index (χ0) is 24.6. The van der Waals surface area contributed by atoms with E-state index >= 15 is 0 Å². The molecule has 0 unspecified atom stereocenters. The van der Waals surface area contributed by atoms with Crippen LogP contribution in [0, 0.1) is 0 Å². The standard InChI is InChI=1S/C27H27N5O2S/c1-19(2)21-11-9-20(10-12-21)17-28-29-25(33)18-35-27-31-30-26(22-13-15-24(34-3)16-14-22)32(27)23-7-5-4-6-8-23/h4-17,19H,18H2,1-3H3,(H,29,33)/b28-17+. The summed E-state index contributed by atoms with van der Waals surface area (Å²) < 4.78 is 7.21. The molecule has 1 amide bonds. The minimum atomic E-state index is -0.223. The summed E-state index contributed by atoms with van der Waals surface area (Å²) in [7, 11) is 1.63. The Hall–Kier alpha value is -3.91. The second-order valence-electron chi connectivity index (χ2n) is 8.11. The van der Waals surface area contributed by atoms with E-state index in [2.05, 4.69) is 46.7 Å². The van der Waals surface area contributed by atoms with Crippen molar-refractivity contribution in [3.8, 4) is 22.8 Å². The average molecular weight is 486 g/mol. The lowest BCUT2D eigenvalue weighted by atomic mass is 10.0. The number of carbonyl (C=O) groups excluding carboxylic acids is 1. The monoisotopic (exact) mass is 485 g/mol. The fourth-order valence-corrected chi connectivity index (χ4v) is 4.15. The van der Waals surface area contributed by atoms with E-state index in [0.717, 1.165) is 22.6 Å². The van der Waals surface area contributed by atoms with Crippen molar-refractivity contribution < 1.29 is 9.53 Å². The van der Waals surface area contributed by atoms with Crippen molar-refractivity contribution in [2.45, 2.75) is 24.9 Å². The highest BCUT2D eigenvalue weighted by molar-refractivity contribution is 7.99. The van der Waals surface area contributed by atoms with Gasteiger partial charge in [0.1, 0.15) is 5.75 Å². The maximum absolute atomic E-state index is 12.4. The normalized spacial score (nSPS) is 11.2. The van der Waals surface area contributed by atoms with Crippen LogP contribution in [0.1, 0.15) is 30.9 Å². The first-order valence-corrected chi connectivity index (χ1v) is 12.2. The predicted octanol–water partition coefficient (Wildman–Crippen LogP) is 5.31. The van der Waals surface area contributed by atoms with Gasteiger partial charge in [-0.1, -0.05) is 68.1 Å². The van der Waals surface area contributed by atoms with Crippen molar-refractivity contribution in [1.29, 1.82) is 0 Å². The Morgan fingerprint density at radius 2 is 1.74 bits per heavy atom. The number of aromatic nitrogens is 3. The van der Waals surface area contributed by atoms with Crippen molar-refractivity contribution in [1.82, 2.24) is 20.2 Å². The lowest BCUT2D eigenvalue weighted by molar-refractivity contribution is -0.118. The molecule has 8 heteroatoms. The molecule has 1 aromatic heterocycles. The van der Waals surface area contributed by atoms with E-state index in [9.17, 15) is 4.79 Å². The number of methoxy groups -OCH3 is 1. The lowest BCUT2D eigenvalue weighted by Gasteiger charge is -2.10. The number of hydrogen-bond donors (Lipinski definition) is 1. The summed E-state index contributed by atoms with van der Waals surface area (Å²) in [6.45, 7) is 4.30. The zero-order valence-corrected chi connectivity index (χ0v) is 20.7. The summed E-state index contributed by atoms with van der Waals surface area (Å²) >= 11 is 1.30. The molecule has 0 aliphatic carbocycles. The highest BCUT2D eigenvalue weighted by Gasteiger charge is 2.17. The molecule has 0 saturated heterocycles. The van der Waals surface area contributed by atoms with Gasteiger partial charge in [0.25, 0.3) is 5.91 Å². The molecule has 0 aliphatic heterocycles. The third kappa shape index (κ3) is 6.16. The van der Waals surface area contributed by atoms with Crippen molar-refractivity contribution in [2.75, 3.05) is 12.9 Å². The van der Waals surface area contributed by atoms with Crippen LogP contribution in [0.5, 0.6) is 5.75 Å². The fraction of sp³-hybridized carbons (Fsp3) is 0.185. The Kier molecular flexibility index (Phi) is 7.95. The first-order chi connectivity index (χ1) is 17.0. The summed E-state index contributed by atoms with van der Waals surface area (Å²) in [5, 5.41) is 13.5. The number of hydrazone groups is 1. The summed E-state index contributed by atoms with van der Waals surface area (Å²) in [6.07, 6.45) is 1.64. The van der Waals surface area contributed by atoms with Gasteiger partial charge in [-0.3, -0.25) is 9.36 Å². The van der Waals surface area contributed by atoms with Gasteiger partial charge in [0.2, 0.25) is 0 Å². The molecule has 4 rings (SSSR count). The van der Waals surface area contributed by atoms with Crippen LogP contribution >= 0.6 is 11.8 Å². The van der Waals surface area contributed by atoms with E-state index in [1.165, 1.54) is 17.3 Å². The van der Waals surface area contributed by atoms with Crippen LogP contribution in [0.25, 0.3) is 17.1 Å². The van der Waals surface area contributed by atoms with E-state index in [0.29, 0.717) is 16.9 Å². The number of amides is 1. The molecular weight excluding hydrogens is 458 g/mol. The van der Waals surface area contributed by atoms with Crippen LogP contribution in [0.15, 0.2) is 89.1 Å². The summed E-state index contributed by atoms with van der Waals surface area (Å²) in [4.78, 5) is 12.4. The second-order valence-corrected chi connectivity index (χ2v) is 9.05. The molecule has 4 aromatic rings. The Bertz CT molecular complexity index is 1280. The Balaban J connectivity index is 1.45. The Labute approximate surface area is 209 Å². The minimum absolute atomic E-state index is 0.150. The number of rotatable bonds is 9. The number of benzene rings is 3. The minimum Gasteiger partial charge on any atom is -0.497 e. The highest BCUT2D eigenvalue weighted by atomic mass is 32.2. The van der Waals surface area contributed by atoms with Gasteiger partial charge < -0.3 is 4.74 Å². The van der Waals surface area contributed by atoms with E-state index in [-0.39, 0.29) is 11.7 Å². The molecule has 0 saturated carbocycles. The predicted molar refractivity (Wildman–Crippen MR) is 140 cm³/mol. The van der Waals surface area contributed by atoms with Gasteiger partial charge >= 0.3 is 0 Å². The maximum atomic E-state index is 12.4. The lowest BCUT2D eigenvalue weighted by Crippen LogP contribution is -2.20. The van der Waals surface area contributed by atoms with Gasteiger partial charge in [0.05, 0.1) is 19.1 Å². The van der Waals surface area contributed by atoms with Gasteiger partial charge in [-0.05, 0) is 53.4 Å². The van der Waals surface area contributed by atoms with Gasteiger partial charge in [-0.25, -0.2) is 5.43 Å². The molecule has 3 aromatic carbocycles. The highest BCUT2D eigenvalue weighted by Crippen LogP contribution is 2.29. The third-order valence-electron chi connectivity index (χ3n) is 5.33. The molecule has 178 valence electrons. The molecule has 1 heterocycles. The second kappa shape index (κ2) is 11.5. The number of nitrogens with one attached hydrogen (secondary N) is 1. The van der Waals surface area contributed by atoms with Crippen molar-refractivity contribution in [2.24, 2.45) is 5.10 Å². The first kappa shape index (κ1) is 24.2. The van der Waals surface area contributed by atoms with Gasteiger partial charge in [-0.15, -0.1) is 10.2 Å². The average Bonchev–Trinajstić information content (AvgIpc) is 3.32. The van der Waals surface area contributed by atoms with Gasteiger partial charge in [0.15, 0.2) is 11.0 Å². The number of nitrogens with zero attached hydrogens (tertiary/aromatic N) is 4. The Morgan fingerprint density at radius 1 is 1.03 bits per heavy atom. The van der Waals surface area contributed by atoms with Crippen molar-refractivity contribution in [3.05, 3.63) is 90.0 Å². The molecule has 0 aliphatic rings. The third-order valence-corrected chi connectivity index (χ3v) is 6.26. The van der Waals surface area contributed by atoms with E-state index in [1.54, 1.807) is 13.3 Å². The van der Waals surface area contributed by atoms with Gasteiger partial charge in [0, 0.05) is 11.3 Å². The van der Waals surface area contributed by atoms with Crippen molar-refractivity contribution in [3.63, 3.8) is 0 Å². The summed E-state index contributed by atoms with van der Waals surface area (Å²) in [6, 6.07) is 25.6. The molecule has 0 radical (unpaired) electrons. The molecule has 1 N–H and O–H groups in total. The zero-order valence-electron chi connectivity index (χ0n) is 19.9. The molecular formula is C27H27N5O2S. The number of ether oxygens (including phenoxy) is 1. The largest absolute Gasteiger partial charge is 0.497 e. The number of thioether (sulfide) groups is 1. The first-order valence-electron chi connectivity index (χ1n) is 11.2. The van der Waals surface area contributed by atoms with Crippen LogP contribution in [-0.4, -0.2) is 39.7 Å². The molecule has 0 atom stereocenters. The SMILES string of the molecule is COc1ccc(-c2nnc(SCC(=O)N/N=C/c3ccc(C(C)C)cc3)n2-c2ccccc2)cc1. The van der Waals surface area contributed by atoms with E-state index < -0.39 is 0 Å². The molecule has 35 heavy (non-hydrogen) atoms. The van der Waals surface area contributed by atoms with Gasteiger partial charge in [-0.2, -0.15) is 5.10 Å². The molecule has 0 spiro atoms. The van der Waals surface area contributed by atoms with Crippen LogP contribution in [0.4, 0.5) is 0 Å². The molecule has 0 bridgehead atoms. The quantitative estimate of drug-likeness (QED) is 0.197. The van der Waals surface area contributed by atoms with Crippen LogP contribution in [-0.2, 0) is 4.79 Å². The van der Waals surface area contributed by atoms with E-state index in [1.807, 2.05) is 71.3 Å². The topological polar surface area (TPSA) is 81.4 Å². The van der Waals surface area contributed by atoms with E-state index in [4.69, 9.17) is 4.74 Å². The van der Waals surface area contributed by atoms with Crippen LogP contribution < -0.4 is 10.2 Å². The van der Waals surface area contributed by atoms with Crippen LogP contribution in [0.3, 0.4) is 0 Å². The van der Waals surface area contributed by atoms with Crippen LogP contribution in [0.2, 0.25) is 0 Å². The molecule has 7 nitrogen and oxygen atoms in total. The fourth-order valence-electron chi connectivity index (χ4n) is 3.41. The number of para-hydroxylation sites is 1. The summed E-state index contributed by atoms with van der Waals surface area (Å²) in [5.74, 6) is 1.85. The maximum Gasteiger partial charge on any atom is 0.250 e. The number of carbonyl (C=O) groups is 1. The van der Waals surface area contributed by atoms with Crippen molar-refractivity contribution >= 4 is 23.9 Å². The molecule has 0 fully saturated rings. The summed E-state index contributed by atoms with van der Waals surface area (Å²) in [5.41, 5.74) is 6.58. The number of hydrogen-bond acceptors (Lipinski definition) is 6. The smallest absolute Gasteiger partial charge is 0.250 e. The Morgan fingerprint density at radius 3 is 2.40 bits per heavy atom.